The van der Waals surface area contributed by atoms with E-state index in [1.807, 2.05) is 37.3 Å². The number of nitrogens with one attached hydrogen (secondary N) is 1. The van der Waals surface area contributed by atoms with E-state index in [9.17, 15) is 9.59 Å². The second kappa shape index (κ2) is 11.1. The summed E-state index contributed by atoms with van der Waals surface area (Å²) in [6.45, 7) is 6.83. The molecule has 3 aromatic heterocycles. The number of carbonyl (C=O) groups is 1. The number of ether oxygens (including phenoxy) is 1. The summed E-state index contributed by atoms with van der Waals surface area (Å²) in [6, 6.07) is 11.3. The lowest BCUT2D eigenvalue weighted by molar-refractivity contribution is -0.144. The first kappa shape index (κ1) is 24.3. The highest BCUT2D eigenvalue weighted by molar-refractivity contribution is 5.79. The molecule has 0 aliphatic carbocycles. The van der Waals surface area contributed by atoms with Crippen molar-refractivity contribution in [3.05, 3.63) is 75.7 Å². The van der Waals surface area contributed by atoms with Gasteiger partial charge in [0.25, 0.3) is 5.56 Å². The molecule has 4 rings (SSSR count). The quantitative estimate of drug-likeness (QED) is 0.325. The molecule has 35 heavy (non-hydrogen) atoms. The lowest BCUT2D eigenvalue weighted by Crippen LogP contribution is -2.33. The summed E-state index contributed by atoms with van der Waals surface area (Å²) in [5.41, 5.74) is 2.39. The highest BCUT2D eigenvalue weighted by Gasteiger charge is 2.28. The van der Waals surface area contributed by atoms with Crippen LogP contribution in [0.2, 0.25) is 0 Å². The predicted octanol–water partition coefficient (Wildman–Crippen LogP) is 3.52. The molecular formula is C25H30N6O4. The summed E-state index contributed by atoms with van der Waals surface area (Å²) in [4.78, 5) is 30.2. The van der Waals surface area contributed by atoms with Crippen LogP contribution in [0.4, 0.5) is 0 Å². The Morgan fingerprint density at radius 2 is 2.09 bits per heavy atom. The van der Waals surface area contributed by atoms with Crippen LogP contribution in [0.3, 0.4) is 0 Å². The molecule has 0 saturated carbocycles. The number of esters is 1. The molecule has 0 bridgehead atoms. The number of hydrogen-bond acceptors (Lipinski definition) is 8. The molecule has 1 N–H and O–H groups in total. The van der Waals surface area contributed by atoms with E-state index in [0.717, 1.165) is 28.6 Å². The molecule has 0 aliphatic rings. The van der Waals surface area contributed by atoms with Crippen LogP contribution >= 0.6 is 0 Å². The third kappa shape index (κ3) is 5.83. The molecule has 0 aliphatic heterocycles. The van der Waals surface area contributed by atoms with Crippen molar-refractivity contribution in [2.75, 3.05) is 6.61 Å². The number of benzene rings is 1. The lowest BCUT2D eigenvalue weighted by atomic mass is 10.1. The number of hydrogen-bond donors (Lipinski definition) is 1. The zero-order chi connectivity index (χ0) is 24.8. The second-order valence-corrected chi connectivity index (χ2v) is 8.50. The van der Waals surface area contributed by atoms with Gasteiger partial charge in [0, 0.05) is 17.6 Å². The highest BCUT2D eigenvalue weighted by atomic mass is 16.5. The number of rotatable bonds is 11. The molecule has 4 aromatic rings. The molecule has 3 heterocycles. The first-order chi connectivity index (χ1) is 17.0. The first-order valence-electron chi connectivity index (χ1n) is 11.8. The van der Waals surface area contributed by atoms with Gasteiger partial charge >= 0.3 is 5.97 Å². The molecule has 0 radical (unpaired) electrons. The lowest BCUT2D eigenvalue weighted by Gasteiger charge is -2.30. The normalized spacial score (nSPS) is 12.3. The molecular weight excluding hydrogens is 448 g/mol. The minimum absolute atomic E-state index is 0.0825. The van der Waals surface area contributed by atoms with Gasteiger partial charge in [-0.2, -0.15) is 0 Å². The maximum absolute atomic E-state index is 13.0. The van der Waals surface area contributed by atoms with Crippen molar-refractivity contribution in [1.29, 1.82) is 0 Å². The molecule has 0 amide bonds. The van der Waals surface area contributed by atoms with E-state index >= 15 is 0 Å². The molecule has 0 unspecified atom stereocenters. The minimum Gasteiger partial charge on any atom is -0.468 e. The van der Waals surface area contributed by atoms with Gasteiger partial charge in [0.1, 0.15) is 12.3 Å². The van der Waals surface area contributed by atoms with E-state index in [1.165, 1.54) is 4.68 Å². The number of fused-ring (bicyclic) bond motifs is 1. The van der Waals surface area contributed by atoms with Gasteiger partial charge in [-0.15, -0.1) is 5.10 Å². The van der Waals surface area contributed by atoms with Crippen LogP contribution in [0.15, 0.2) is 51.9 Å². The van der Waals surface area contributed by atoms with Crippen molar-refractivity contribution >= 4 is 16.9 Å². The van der Waals surface area contributed by atoms with Gasteiger partial charge < -0.3 is 14.1 Å². The molecule has 184 valence electrons. The highest BCUT2D eigenvalue weighted by Crippen LogP contribution is 2.28. The maximum Gasteiger partial charge on any atom is 0.327 e. The standard InChI is InChI=1S/C25H30N6O4/c1-4-7-22(24-27-28-29-31(24)16-23(32)34-5-2)30(15-20-8-6-11-35-20)14-19-13-18-12-17(3)9-10-21(18)26-25(19)33/h6,8-13,22H,4-5,7,14-16H2,1-3H3,(H,26,33)/t22-/m1/s1. The van der Waals surface area contributed by atoms with Gasteiger partial charge in [-0.25, -0.2) is 4.68 Å². The average Bonchev–Trinajstić information content (AvgIpc) is 3.50. The van der Waals surface area contributed by atoms with E-state index in [-0.39, 0.29) is 24.8 Å². The number of carbonyl (C=O) groups excluding carboxylic acids is 1. The van der Waals surface area contributed by atoms with Gasteiger partial charge in [-0.3, -0.25) is 14.5 Å². The van der Waals surface area contributed by atoms with Crippen LogP contribution in [0.5, 0.6) is 0 Å². The summed E-state index contributed by atoms with van der Waals surface area (Å²) in [6.07, 6.45) is 3.19. The Bertz CT molecular complexity index is 1330. The van der Waals surface area contributed by atoms with Crippen molar-refractivity contribution in [2.45, 2.75) is 59.3 Å². The molecule has 1 atom stereocenters. The third-order valence-corrected chi connectivity index (χ3v) is 5.83. The fourth-order valence-electron chi connectivity index (χ4n) is 4.23. The van der Waals surface area contributed by atoms with Gasteiger partial charge in [0.05, 0.1) is 25.5 Å². The largest absolute Gasteiger partial charge is 0.468 e. The van der Waals surface area contributed by atoms with E-state index in [4.69, 9.17) is 9.15 Å². The summed E-state index contributed by atoms with van der Waals surface area (Å²) in [5, 5.41) is 13.1. The Morgan fingerprint density at radius 1 is 1.23 bits per heavy atom. The third-order valence-electron chi connectivity index (χ3n) is 5.83. The maximum atomic E-state index is 13.0. The van der Waals surface area contributed by atoms with Gasteiger partial charge in [-0.05, 0) is 66.4 Å². The van der Waals surface area contributed by atoms with Crippen LogP contribution in [0.25, 0.3) is 10.9 Å². The number of aryl methyl sites for hydroxylation is 1. The predicted molar refractivity (Wildman–Crippen MR) is 129 cm³/mol. The minimum atomic E-state index is -0.407. The number of furan rings is 1. The van der Waals surface area contributed by atoms with Crippen LogP contribution in [0.1, 0.15) is 55.4 Å². The van der Waals surface area contributed by atoms with Gasteiger partial charge in [0.2, 0.25) is 0 Å². The van der Waals surface area contributed by atoms with Crippen molar-refractivity contribution in [2.24, 2.45) is 0 Å². The molecule has 1 aromatic carbocycles. The molecule has 10 heteroatoms. The van der Waals surface area contributed by atoms with E-state index < -0.39 is 5.97 Å². The zero-order valence-corrected chi connectivity index (χ0v) is 20.2. The number of aromatic amines is 1. The summed E-state index contributed by atoms with van der Waals surface area (Å²) < 4.78 is 12.2. The Labute approximate surface area is 202 Å². The monoisotopic (exact) mass is 478 g/mol. The van der Waals surface area contributed by atoms with Crippen molar-refractivity contribution in [3.8, 4) is 0 Å². The summed E-state index contributed by atoms with van der Waals surface area (Å²) >= 11 is 0. The van der Waals surface area contributed by atoms with Crippen molar-refractivity contribution in [1.82, 2.24) is 30.1 Å². The van der Waals surface area contributed by atoms with Crippen LogP contribution < -0.4 is 5.56 Å². The number of tetrazole rings is 1. The van der Waals surface area contributed by atoms with Crippen LogP contribution in [-0.4, -0.2) is 42.7 Å². The molecule has 0 spiro atoms. The SMILES string of the molecule is CCC[C@H](c1nnnn1CC(=O)OCC)N(Cc1ccco1)Cc1cc2cc(C)ccc2[nH]c1=O. The van der Waals surface area contributed by atoms with Crippen molar-refractivity contribution < 1.29 is 13.9 Å². The van der Waals surface area contributed by atoms with E-state index in [2.05, 4.69) is 38.4 Å². The zero-order valence-electron chi connectivity index (χ0n) is 20.2. The molecule has 0 fully saturated rings. The second-order valence-electron chi connectivity index (χ2n) is 8.50. The van der Waals surface area contributed by atoms with Crippen LogP contribution in [-0.2, 0) is 29.2 Å². The fourth-order valence-corrected chi connectivity index (χ4v) is 4.23. The van der Waals surface area contributed by atoms with Gasteiger partial charge in [-0.1, -0.05) is 25.0 Å². The molecule has 0 saturated heterocycles. The van der Waals surface area contributed by atoms with Gasteiger partial charge in [0.15, 0.2) is 5.82 Å². The summed E-state index contributed by atoms with van der Waals surface area (Å²) in [7, 11) is 0. The van der Waals surface area contributed by atoms with Crippen LogP contribution in [0, 0.1) is 6.92 Å². The Balaban J connectivity index is 1.72. The topological polar surface area (TPSA) is 119 Å². The number of aromatic nitrogens is 5. The Hall–Kier alpha value is -3.79. The number of nitrogens with zero attached hydrogens (tertiary/aromatic N) is 5. The Morgan fingerprint density at radius 3 is 2.83 bits per heavy atom. The fraction of sp³-hybridized carbons (Fsp3) is 0.400. The number of pyridine rings is 1. The van der Waals surface area contributed by atoms with Crippen molar-refractivity contribution in [3.63, 3.8) is 0 Å². The first-order valence-corrected chi connectivity index (χ1v) is 11.8. The van der Waals surface area contributed by atoms with E-state index in [0.29, 0.717) is 30.9 Å². The molecule has 10 nitrogen and oxygen atoms in total. The smallest absolute Gasteiger partial charge is 0.327 e. The van der Waals surface area contributed by atoms with E-state index in [1.54, 1.807) is 13.2 Å². The Kier molecular flexibility index (Phi) is 7.71. The summed E-state index contributed by atoms with van der Waals surface area (Å²) in [5.74, 6) is 0.887. The average molecular weight is 479 g/mol. The number of H-pyrrole nitrogens is 1.